The van der Waals surface area contributed by atoms with Crippen LogP contribution in [0.1, 0.15) is 38.0 Å². The van der Waals surface area contributed by atoms with Crippen LogP contribution in [-0.2, 0) is 16.0 Å². The van der Waals surface area contributed by atoms with Crippen LogP contribution < -0.4 is 5.32 Å². The molecule has 0 bridgehead atoms. The predicted molar refractivity (Wildman–Crippen MR) is 98.2 cm³/mol. The Morgan fingerprint density at radius 3 is 2.67 bits per heavy atom. The molecule has 2 heterocycles. The van der Waals surface area contributed by atoms with Gasteiger partial charge in [-0.2, -0.15) is 0 Å². The first kappa shape index (κ1) is 18.9. The van der Waals surface area contributed by atoms with Crippen LogP contribution in [0.2, 0.25) is 0 Å². The highest BCUT2D eigenvalue weighted by Crippen LogP contribution is 2.13. The van der Waals surface area contributed by atoms with E-state index in [4.69, 9.17) is 0 Å². The third-order valence-corrected chi connectivity index (χ3v) is 5.44. The van der Waals surface area contributed by atoms with Gasteiger partial charge in [-0.15, -0.1) is 11.3 Å². The summed E-state index contributed by atoms with van der Waals surface area (Å²) in [6, 6.07) is 4.40. The second-order valence-corrected chi connectivity index (χ2v) is 7.50. The molecule has 2 rings (SSSR count). The smallest absolute Gasteiger partial charge is 0.234 e. The molecule has 5 nitrogen and oxygen atoms in total. The average Bonchev–Trinajstić information content (AvgIpc) is 3.08. The number of hydrogen-bond donors (Lipinski definition) is 1. The summed E-state index contributed by atoms with van der Waals surface area (Å²) in [5.41, 5.74) is 0. The third kappa shape index (κ3) is 6.24. The van der Waals surface area contributed by atoms with Crippen molar-refractivity contribution in [1.29, 1.82) is 0 Å². The molecule has 0 radical (unpaired) electrons. The number of thiophene rings is 1. The molecule has 2 amide bonds. The normalized spacial score (nSPS) is 16.8. The second kappa shape index (κ2) is 9.79. The highest BCUT2D eigenvalue weighted by molar-refractivity contribution is 7.09. The number of carbonyl (C=O) groups is 2. The fraction of sp³-hybridized carbons (Fsp3) is 0.667. The van der Waals surface area contributed by atoms with Crippen molar-refractivity contribution in [2.75, 3.05) is 32.7 Å². The van der Waals surface area contributed by atoms with Gasteiger partial charge in [0.25, 0.3) is 0 Å². The Kier molecular flexibility index (Phi) is 7.72. The summed E-state index contributed by atoms with van der Waals surface area (Å²) in [7, 11) is 0. The SMILES string of the molecule is CCC(C)NC(=O)CN1CCN(C(=O)CCCc2cccs2)CC1. The summed E-state index contributed by atoms with van der Waals surface area (Å²) in [4.78, 5) is 29.6. The van der Waals surface area contributed by atoms with Crippen molar-refractivity contribution < 1.29 is 9.59 Å². The predicted octanol–water partition coefficient (Wildman–Crippen LogP) is 2.13. The van der Waals surface area contributed by atoms with E-state index in [1.54, 1.807) is 11.3 Å². The van der Waals surface area contributed by atoms with Crippen molar-refractivity contribution in [2.45, 2.75) is 45.6 Å². The summed E-state index contributed by atoms with van der Waals surface area (Å²) in [5.74, 6) is 0.329. The van der Waals surface area contributed by atoms with Crippen LogP contribution in [-0.4, -0.2) is 60.4 Å². The van der Waals surface area contributed by atoms with Gasteiger partial charge in [0.2, 0.25) is 11.8 Å². The Balaban J connectivity index is 1.62. The number of nitrogens with one attached hydrogen (secondary N) is 1. The largest absolute Gasteiger partial charge is 0.353 e. The summed E-state index contributed by atoms with van der Waals surface area (Å²) < 4.78 is 0. The summed E-state index contributed by atoms with van der Waals surface area (Å²) in [6.45, 7) is 7.54. The molecule has 1 unspecified atom stereocenters. The van der Waals surface area contributed by atoms with Crippen molar-refractivity contribution >= 4 is 23.2 Å². The molecule has 1 atom stereocenters. The van der Waals surface area contributed by atoms with Crippen molar-refractivity contribution in [3.63, 3.8) is 0 Å². The zero-order valence-electron chi connectivity index (χ0n) is 14.8. The molecule has 1 saturated heterocycles. The van der Waals surface area contributed by atoms with Crippen molar-refractivity contribution in [2.24, 2.45) is 0 Å². The van der Waals surface area contributed by atoms with Crippen molar-refractivity contribution in [1.82, 2.24) is 15.1 Å². The van der Waals surface area contributed by atoms with Gasteiger partial charge in [0.05, 0.1) is 6.54 Å². The van der Waals surface area contributed by atoms with Gasteiger partial charge in [-0.1, -0.05) is 13.0 Å². The number of carbonyl (C=O) groups excluding carboxylic acids is 2. The Morgan fingerprint density at radius 1 is 1.29 bits per heavy atom. The monoisotopic (exact) mass is 351 g/mol. The van der Waals surface area contributed by atoms with Crippen molar-refractivity contribution in [3.05, 3.63) is 22.4 Å². The fourth-order valence-electron chi connectivity index (χ4n) is 2.81. The van der Waals surface area contributed by atoms with E-state index < -0.39 is 0 Å². The van der Waals surface area contributed by atoms with Gasteiger partial charge in [0, 0.05) is 43.5 Å². The molecule has 1 N–H and O–H groups in total. The van der Waals surface area contributed by atoms with E-state index in [0.29, 0.717) is 13.0 Å². The van der Waals surface area contributed by atoms with Gasteiger partial charge in [0.1, 0.15) is 0 Å². The topological polar surface area (TPSA) is 52.7 Å². The number of piperazine rings is 1. The Hall–Kier alpha value is -1.40. The quantitative estimate of drug-likeness (QED) is 0.781. The Morgan fingerprint density at radius 2 is 2.04 bits per heavy atom. The molecule has 24 heavy (non-hydrogen) atoms. The molecular formula is C18H29N3O2S. The van der Waals surface area contributed by atoms with Crippen LogP contribution in [0.3, 0.4) is 0 Å². The maximum Gasteiger partial charge on any atom is 0.234 e. The minimum absolute atomic E-state index is 0.0834. The summed E-state index contributed by atoms with van der Waals surface area (Å²) in [5, 5.41) is 5.07. The van der Waals surface area contributed by atoms with Crippen LogP contribution in [0.15, 0.2) is 17.5 Å². The molecule has 6 heteroatoms. The second-order valence-electron chi connectivity index (χ2n) is 6.47. The Bertz CT molecular complexity index is 510. The molecule has 1 aliphatic rings. The molecular weight excluding hydrogens is 322 g/mol. The minimum Gasteiger partial charge on any atom is -0.353 e. The van der Waals surface area contributed by atoms with Gasteiger partial charge in [-0.25, -0.2) is 0 Å². The zero-order valence-corrected chi connectivity index (χ0v) is 15.6. The standard InChI is InChI=1S/C18H29N3O2S/c1-3-15(2)19-17(22)14-20-9-11-21(12-10-20)18(23)8-4-6-16-7-5-13-24-16/h5,7,13,15H,3-4,6,8-12,14H2,1-2H3,(H,19,22). The first-order valence-electron chi connectivity index (χ1n) is 8.90. The number of hydrogen-bond acceptors (Lipinski definition) is 4. The third-order valence-electron chi connectivity index (χ3n) is 4.51. The zero-order chi connectivity index (χ0) is 17.4. The maximum absolute atomic E-state index is 12.3. The molecule has 0 aromatic carbocycles. The highest BCUT2D eigenvalue weighted by atomic mass is 32.1. The lowest BCUT2D eigenvalue weighted by Crippen LogP contribution is -2.51. The van der Waals surface area contributed by atoms with E-state index in [1.807, 2.05) is 11.8 Å². The Labute approximate surface area is 149 Å². The van der Waals surface area contributed by atoms with Gasteiger partial charge in [-0.3, -0.25) is 14.5 Å². The molecule has 1 aliphatic heterocycles. The van der Waals surface area contributed by atoms with E-state index in [0.717, 1.165) is 45.4 Å². The van der Waals surface area contributed by atoms with Crippen LogP contribution in [0.25, 0.3) is 0 Å². The first-order chi connectivity index (χ1) is 11.6. The number of aryl methyl sites for hydroxylation is 1. The minimum atomic E-state index is 0.0834. The van der Waals surface area contributed by atoms with Gasteiger partial charge < -0.3 is 10.2 Å². The molecule has 0 aliphatic carbocycles. The highest BCUT2D eigenvalue weighted by Gasteiger charge is 2.22. The fourth-order valence-corrected chi connectivity index (χ4v) is 3.56. The lowest BCUT2D eigenvalue weighted by Gasteiger charge is -2.34. The summed E-state index contributed by atoms with van der Waals surface area (Å²) >= 11 is 1.75. The van der Waals surface area contributed by atoms with Gasteiger partial charge >= 0.3 is 0 Å². The van der Waals surface area contributed by atoms with E-state index in [-0.39, 0.29) is 17.9 Å². The lowest BCUT2D eigenvalue weighted by atomic mass is 10.2. The van der Waals surface area contributed by atoms with Crippen LogP contribution in [0, 0.1) is 0 Å². The molecule has 1 aromatic heterocycles. The summed E-state index contributed by atoms with van der Waals surface area (Å²) in [6.07, 6.45) is 3.46. The van der Waals surface area contributed by atoms with Crippen LogP contribution in [0.5, 0.6) is 0 Å². The van der Waals surface area contributed by atoms with Crippen LogP contribution >= 0.6 is 11.3 Å². The van der Waals surface area contributed by atoms with Gasteiger partial charge in [0.15, 0.2) is 0 Å². The number of nitrogens with zero attached hydrogens (tertiary/aromatic N) is 2. The number of amides is 2. The van der Waals surface area contributed by atoms with Gasteiger partial charge in [-0.05, 0) is 37.6 Å². The van der Waals surface area contributed by atoms with Crippen molar-refractivity contribution in [3.8, 4) is 0 Å². The van der Waals surface area contributed by atoms with Crippen LogP contribution in [0.4, 0.5) is 0 Å². The molecule has 1 fully saturated rings. The van der Waals surface area contributed by atoms with E-state index in [9.17, 15) is 9.59 Å². The average molecular weight is 352 g/mol. The molecule has 134 valence electrons. The number of rotatable bonds is 8. The molecule has 0 saturated carbocycles. The lowest BCUT2D eigenvalue weighted by molar-refractivity contribution is -0.133. The van der Waals surface area contributed by atoms with E-state index in [1.165, 1.54) is 4.88 Å². The van der Waals surface area contributed by atoms with E-state index in [2.05, 4.69) is 34.7 Å². The maximum atomic E-state index is 12.3. The van der Waals surface area contributed by atoms with E-state index >= 15 is 0 Å². The molecule has 0 spiro atoms. The molecule has 1 aromatic rings. The first-order valence-corrected chi connectivity index (χ1v) is 9.78.